The summed E-state index contributed by atoms with van der Waals surface area (Å²) in [5, 5.41) is 10.8. The molecule has 0 bridgehead atoms. The van der Waals surface area contributed by atoms with Gasteiger partial charge in [-0.1, -0.05) is 18.2 Å². The molecule has 238 valence electrons. The predicted molar refractivity (Wildman–Crippen MR) is 167 cm³/mol. The number of rotatable bonds is 8. The maximum atomic E-state index is 13.5. The lowest BCUT2D eigenvalue weighted by Crippen LogP contribution is -2.36. The van der Waals surface area contributed by atoms with Crippen LogP contribution in [0.25, 0.3) is 21.6 Å². The average Bonchev–Trinajstić information content (AvgIpc) is 3.81. The monoisotopic (exact) mass is 678 g/mol. The van der Waals surface area contributed by atoms with E-state index >= 15 is 0 Å². The number of thiazole rings is 1. The number of thiophene rings is 1. The van der Waals surface area contributed by atoms with Gasteiger partial charge < -0.3 is 10.1 Å². The Morgan fingerprint density at radius 2 is 1.89 bits per heavy atom. The van der Waals surface area contributed by atoms with E-state index in [-0.39, 0.29) is 6.04 Å². The first kappa shape index (κ1) is 32.5. The normalized spacial score (nSPS) is 15.7. The summed E-state index contributed by atoms with van der Waals surface area (Å²) in [5.41, 5.74) is 2.32. The number of aromatic amines is 1. The molecular weight excluding hydrogens is 650 g/mol. The van der Waals surface area contributed by atoms with Gasteiger partial charge in [-0.05, 0) is 56.5 Å². The number of halogens is 3. The lowest BCUT2D eigenvalue weighted by atomic mass is 10.1. The number of aromatic nitrogens is 4. The van der Waals surface area contributed by atoms with E-state index in [9.17, 15) is 21.6 Å². The lowest BCUT2D eigenvalue weighted by molar-refractivity contribution is -0.192. The highest BCUT2D eigenvalue weighted by molar-refractivity contribution is 7.94. The van der Waals surface area contributed by atoms with Crippen molar-refractivity contribution < 1.29 is 31.5 Å². The topological polar surface area (TPSA) is 132 Å². The van der Waals surface area contributed by atoms with Crippen LogP contribution in [0.5, 0.6) is 0 Å². The summed E-state index contributed by atoms with van der Waals surface area (Å²) in [6.07, 6.45) is 1.54. The zero-order valence-corrected chi connectivity index (χ0v) is 26.6. The van der Waals surface area contributed by atoms with Crippen LogP contribution in [0.2, 0.25) is 0 Å². The molecule has 4 aromatic heterocycles. The summed E-state index contributed by atoms with van der Waals surface area (Å²) in [7, 11) is -3.69. The first-order chi connectivity index (χ1) is 21.3. The number of carbonyl (C=O) groups is 1. The summed E-state index contributed by atoms with van der Waals surface area (Å²) in [6, 6.07) is 12.8. The molecule has 45 heavy (non-hydrogen) atoms. The Kier molecular flexibility index (Phi) is 9.57. The summed E-state index contributed by atoms with van der Waals surface area (Å²) in [4.78, 5) is 29.6. The van der Waals surface area contributed by atoms with Gasteiger partial charge in [0.05, 0.1) is 16.9 Å². The minimum Gasteiger partial charge on any atom is -0.475 e. The molecule has 1 fully saturated rings. The molecule has 0 aliphatic carbocycles. The van der Waals surface area contributed by atoms with Crippen molar-refractivity contribution >= 4 is 55.3 Å². The SMILES string of the molecule is CC(C)N(c1cccc2cc(-c3ncc(CN4CCC(c5ncccn5)C4)s3)[nH]c12)S(=O)(=O)c1cccs1.O=C(O)C(F)(F)F. The number of H-pyrrole nitrogens is 1. The molecular formula is C29H29F3N6O4S3. The van der Waals surface area contributed by atoms with E-state index in [0.717, 1.165) is 53.5 Å². The van der Waals surface area contributed by atoms with E-state index in [1.54, 1.807) is 28.8 Å². The lowest BCUT2D eigenvalue weighted by Gasteiger charge is -2.28. The van der Waals surface area contributed by atoms with Crippen LogP contribution in [0.4, 0.5) is 18.9 Å². The summed E-state index contributed by atoms with van der Waals surface area (Å²) in [5.74, 6) is -1.47. The van der Waals surface area contributed by atoms with E-state index in [2.05, 4.69) is 25.9 Å². The number of nitrogens with one attached hydrogen (secondary N) is 1. The van der Waals surface area contributed by atoms with Crippen molar-refractivity contribution in [3.8, 4) is 10.7 Å². The number of alkyl halides is 3. The number of hydrogen-bond donors (Lipinski definition) is 2. The zero-order valence-electron chi connectivity index (χ0n) is 24.1. The molecule has 0 amide bonds. The number of benzene rings is 1. The highest BCUT2D eigenvalue weighted by Gasteiger charge is 2.38. The molecule has 1 unspecified atom stereocenters. The van der Waals surface area contributed by atoms with Crippen LogP contribution < -0.4 is 4.31 Å². The third-order valence-corrected chi connectivity index (χ3v) is 11.4. The van der Waals surface area contributed by atoms with Gasteiger partial charge in [0.25, 0.3) is 10.0 Å². The number of fused-ring (bicyclic) bond motifs is 1. The van der Waals surface area contributed by atoms with Crippen LogP contribution in [0.1, 0.15) is 36.9 Å². The van der Waals surface area contributed by atoms with E-state index in [0.29, 0.717) is 15.8 Å². The third-order valence-electron chi connectivity index (χ3n) is 6.98. The molecule has 10 nitrogen and oxygen atoms in total. The molecule has 1 atom stereocenters. The van der Waals surface area contributed by atoms with Crippen LogP contribution in [-0.4, -0.2) is 69.6 Å². The van der Waals surface area contributed by atoms with Crippen LogP contribution in [0, 0.1) is 0 Å². The average molecular weight is 679 g/mol. The second-order valence-electron chi connectivity index (χ2n) is 10.5. The third kappa shape index (κ3) is 7.35. The number of anilines is 1. The van der Waals surface area contributed by atoms with E-state index in [1.807, 2.05) is 56.7 Å². The zero-order chi connectivity index (χ0) is 32.4. The molecule has 1 aliphatic rings. The Hall–Kier alpha value is -3.86. The number of nitrogens with zero attached hydrogens (tertiary/aromatic N) is 5. The Morgan fingerprint density at radius 3 is 2.53 bits per heavy atom. The molecule has 6 rings (SSSR count). The predicted octanol–water partition coefficient (Wildman–Crippen LogP) is 6.37. The van der Waals surface area contributed by atoms with E-state index < -0.39 is 22.2 Å². The van der Waals surface area contributed by atoms with Gasteiger partial charge in [0.15, 0.2) is 0 Å². The number of carboxylic acids is 1. The number of carboxylic acid groups (broad SMARTS) is 1. The molecule has 1 aromatic carbocycles. The van der Waals surface area contributed by atoms with Gasteiger partial charge in [-0.3, -0.25) is 9.21 Å². The Bertz CT molecular complexity index is 1860. The van der Waals surface area contributed by atoms with Crippen LogP contribution in [-0.2, 0) is 21.4 Å². The van der Waals surface area contributed by atoms with Crippen molar-refractivity contribution in [3.63, 3.8) is 0 Å². The molecule has 2 N–H and O–H groups in total. The largest absolute Gasteiger partial charge is 0.490 e. The van der Waals surface area contributed by atoms with Crippen LogP contribution >= 0.6 is 22.7 Å². The molecule has 0 saturated carbocycles. The number of sulfonamides is 1. The van der Waals surface area contributed by atoms with Crippen molar-refractivity contribution in [1.82, 2.24) is 24.8 Å². The minimum atomic E-state index is -5.08. The van der Waals surface area contributed by atoms with Gasteiger partial charge in [0.2, 0.25) is 0 Å². The molecule has 16 heteroatoms. The first-order valence-corrected chi connectivity index (χ1v) is 16.9. The van der Waals surface area contributed by atoms with Crippen LogP contribution in [0.15, 0.2) is 70.6 Å². The number of aliphatic carboxylic acids is 1. The molecule has 1 aliphatic heterocycles. The van der Waals surface area contributed by atoms with E-state index in [1.165, 1.54) is 20.5 Å². The fourth-order valence-corrected chi connectivity index (χ4v) is 8.74. The highest BCUT2D eigenvalue weighted by atomic mass is 32.2. The Morgan fingerprint density at radius 1 is 1.16 bits per heavy atom. The summed E-state index contributed by atoms with van der Waals surface area (Å²) < 4.78 is 60.7. The molecule has 0 radical (unpaired) electrons. The van der Waals surface area contributed by atoms with Gasteiger partial charge in [-0.25, -0.2) is 28.2 Å². The smallest absolute Gasteiger partial charge is 0.475 e. The quantitative estimate of drug-likeness (QED) is 0.194. The van der Waals surface area contributed by atoms with Gasteiger partial charge in [-0.2, -0.15) is 13.2 Å². The van der Waals surface area contributed by atoms with Gasteiger partial charge in [0, 0.05) is 53.9 Å². The van der Waals surface area contributed by atoms with Crippen molar-refractivity contribution in [3.05, 3.63) is 77.1 Å². The van der Waals surface area contributed by atoms with Crippen LogP contribution in [0.3, 0.4) is 0 Å². The molecule has 1 saturated heterocycles. The second kappa shape index (κ2) is 13.2. The first-order valence-electron chi connectivity index (χ1n) is 13.8. The van der Waals surface area contributed by atoms with Crippen molar-refractivity contribution in [2.75, 3.05) is 17.4 Å². The second-order valence-corrected chi connectivity index (χ2v) is 14.6. The highest BCUT2D eigenvalue weighted by Crippen LogP contribution is 2.37. The van der Waals surface area contributed by atoms with E-state index in [4.69, 9.17) is 14.9 Å². The number of para-hydroxylation sites is 1. The van der Waals surface area contributed by atoms with Gasteiger partial charge >= 0.3 is 12.1 Å². The number of likely N-dealkylation sites (tertiary alicyclic amines) is 1. The Balaban J connectivity index is 0.000000515. The minimum absolute atomic E-state index is 0.253. The number of hydrogen-bond acceptors (Lipinski definition) is 9. The maximum Gasteiger partial charge on any atom is 0.490 e. The summed E-state index contributed by atoms with van der Waals surface area (Å²) >= 11 is 2.90. The molecule has 5 heterocycles. The van der Waals surface area contributed by atoms with Gasteiger partial charge in [0.1, 0.15) is 15.0 Å². The maximum absolute atomic E-state index is 13.5. The van der Waals surface area contributed by atoms with Gasteiger partial charge in [-0.15, -0.1) is 22.7 Å². The molecule has 0 spiro atoms. The standard InChI is InChI=1S/C27H28N6O2S3.C2HF3O2/c1-18(2)33(38(34,35)24-8-4-13-36-24)23-7-3-6-19-14-22(31-25(19)23)27-30-15-21(37-27)17-32-12-9-20(16-32)26-28-10-5-11-29-26;3-2(4,5)1(6)7/h3-8,10-11,13-15,18,20,31H,9,12,16-17H2,1-2H3;(H,6,7). The van der Waals surface area contributed by atoms with Crippen molar-refractivity contribution in [1.29, 1.82) is 0 Å². The Labute approximate surface area is 265 Å². The summed E-state index contributed by atoms with van der Waals surface area (Å²) in [6.45, 7) is 6.58. The fraction of sp³-hybridized carbons (Fsp3) is 0.310. The van der Waals surface area contributed by atoms with Crippen molar-refractivity contribution in [2.24, 2.45) is 0 Å². The molecule has 5 aromatic rings. The fourth-order valence-electron chi connectivity index (χ4n) is 5.07. The van der Waals surface area contributed by atoms with Crippen molar-refractivity contribution in [2.45, 2.75) is 49.2 Å².